The normalized spacial score (nSPS) is 24.4. The van der Waals surface area contributed by atoms with Gasteiger partial charge in [-0.1, -0.05) is 12.1 Å². The number of ether oxygens (including phenoxy) is 1. The Hall–Kier alpha value is -1.06. The van der Waals surface area contributed by atoms with Crippen molar-refractivity contribution >= 4 is 0 Å². The first-order valence-corrected chi connectivity index (χ1v) is 6.55. The number of likely N-dealkylation sites (N-methyl/N-ethyl adjacent to an activating group) is 1. The quantitative estimate of drug-likeness (QED) is 0.831. The average molecular weight is 232 g/mol. The van der Waals surface area contributed by atoms with Gasteiger partial charge in [-0.15, -0.1) is 0 Å². The van der Waals surface area contributed by atoms with Gasteiger partial charge >= 0.3 is 0 Å². The highest BCUT2D eigenvalue weighted by Gasteiger charge is 2.25. The second kappa shape index (κ2) is 4.67. The molecule has 3 nitrogen and oxygen atoms in total. The molecular formula is C14H20N2O. The highest BCUT2D eigenvalue weighted by Crippen LogP contribution is 2.30. The topological polar surface area (TPSA) is 33.3 Å². The van der Waals surface area contributed by atoms with Crippen LogP contribution in [0.15, 0.2) is 18.2 Å². The molecule has 2 aliphatic rings. The molecule has 1 saturated heterocycles. The van der Waals surface area contributed by atoms with Crippen LogP contribution in [-0.2, 0) is 6.42 Å². The number of hydrogen-bond acceptors (Lipinski definition) is 3. The van der Waals surface area contributed by atoms with E-state index in [4.69, 9.17) is 4.74 Å². The van der Waals surface area contributed by atoms with Gasteiger partial charge in [-0.05, 0) is 43.6 Å². The molecule has 0 amide bonds. The van der Waals surface area contributed by atoms with Gasteiger partial charge in [0, 0.05) is 18.5 Å². The van der Waals surface area contributed by atoms with Crippen molar-refractivity contribution in [2.24, 2.45) is 0 Å². The van der Waals surface area contributed by atoms with E-state index >= 15 is 0 Å². The van der Waals surface area contributed by atoms with Gasteiger partial charge in [0.1, 0.15) is 5.75 Å². The standard InChI is InChI=1S/C14H20N2O/c1-15-14(12-3-2-7-16-12)11-4-5-13-10(9-11)6-8-17-13/h4-5,9,12,14-16H,2-3,6-8H2,1H3. The van der Waals surface area contributed by atoms with E-state index in [0.717, 1.165) is 25.3 Å². The molecule has 0 saturated carbocycles. The fourth-order valence-corrected chi connectivity index (χ4v) is 3.00. The lowest BCUT2D eigenvalue weighted by Crippen LogP contribution is -2.36. The van der Waals surface area contributed by atoms with Crippen LogP contribution in [0.4, 0.5) is 0 Å². The highest BCUT2D eigenvalue weighted by atomic mass is 16.5. The van der Waals surface area contributed by atoms with Crippen molar-refractivity contribution in [1.82, 2.24) is 10.6 Å². The van der Waals surface area contributed by atoms with Crippen molar-refractivity contribution in [3.63, 3.8) is 0 Å². The average Bonchev–Trinajstić information content (AvgIpc) is 2.99. The first-order valence-electron chi connectivity index (χ1n) is 6.55. The van der Waals surface area contributed by atoms with Crippen molar-refractivity contribution < 1.29 is 4.74 Å². The summed E-state index contributed by atoms with van der Waals surface area (Å²) in [5.41, 5.74) is 2.75. The maximum Gasteiger partial charge on any atom is 0.122 e. The van der Waals surface area contributed by atoms with Gasteiger partial charge in [-0.3, -0.25) is 0 Å². The first kappa shape index (κ1) is 11.1. The minimum atomic E-state index is 0.420. The van der Waals surface area contributed by atoms with E-state index in [-0.39, 0.29) is 0 Å². The molecule has 17 heavy (non-hydrogen) atoms. The third-order valence-electron chi connectivity index (χ3n) is 3.88. The lowest BCUT2D eigenvalue weighted by atomic mass is 9.96. The number of nitrogens with one attached hydrogen (secondary N) is 2. The molecule has 0 aliphatic carbocycles. The summed E-state index contributed by atoms with van der Waals surface area (Å²) in [5, 5.41) is 7.03. The van der Waals surface area contributed by atoms with Crippen LogP contribution in [0.2, 0.25) is 0 Å². The van der Waals surface area contributed by atoms with Gasteiger partial charge in [0.15, 0.2) is 0 Å². The Morgan fingerprint density at radius 3 is 3.18 bits per heavy atom. The lowest BCUT2D eigenvalue weighted by Gasteiger charge is -2.24. The first-order chi connectivity index (χ1) is 8.38. The summed E-state index contributed by atoms with van der Waals surface area (Å²) in [7, 11) is 2.05. The smallest absolute Gasteiger partial charge is 0.122 e. The minimum absolute atomic E-state index is 0.420. The zero-order valence-electron chi connectivity index (χ0n) is 10.3. The maximum absolute atomic E-state index is 5.56. The van der Waals surface area contributed by atoms with E-state index in [1.165, 1.54) is 24.0 Å². The van der Waals surface area contributed by atoms with Gasteiger partial charge in [0.25, 0.3) is 0 Å². The van der Waals surface area contributed by atoms with Crippen LogP contribution in [0, 0.1) is 0 Å². The van der Waals surface area contributed by atoms with Crippen LogP contribution < -0.4 is 15.4 Å². The summed E-state index contributed by atoms with van der Waals surface area (Å²) >= 11 is 0. The molecule has 2 atom stereocenters. The molecular weight excluding hydrogens is 212 g/mol. The van der Waals surface area contributed by atoms with Crippen molar-refractivity contribution in [2.45, 2.75) is 31.3 Å². The van der Waals surface area contributed by atoms with Crippen molar-refractivity contribution in [3.05, 3.63) is 29.3 Å². The molecule has 2 aliphatic heterocycles. The van der Waals surface area contributed by atoms with Crippen molar-refractivity contribution in [1.29, 1.82) is 0 Å². The van der Waals surface area contributed by atoms with Crippen LogP contribution in [0.5, 0.6) is 5.75 Å². The molecule has 1 aromatic rings. The molecule has 0 radical (unpaired) electrons. The minimum Gasteiger partial charge on any atom is -0.493 e. The van der Waals surface area contributed by atoms with E-state index in [1.54, 1.807) is 0 Å². The van der Waals surface area contributed by atoms with E-state index < -0.39 is 0 Å². The molecule has 2 heterocycles. The molecule has 0 spiro atoms. The Morgan fingerprint density at radius 2 is 2.41 bits per heavy atom. The zero-order valence-corrected chi connectivity index (χ0v) is 10.3. The van der Waals surface area contributed by atoms with Gasteiger partial charge < -0.3 is 15.4 Å². The van der Waals surface area contributed by atoms with Gasteiger partial charge in [-0.2, -0.15) is 0 Å². The summed E-state index contributed by atoms with van der Waals surface area (Å²) in [4.78, 5) is 0. The Labute approximate surface area is 103 Å². The molecule has 0 bridgehead atoms. The monoisotopic (exact) mass is 232 g/mol. The summed E-state index contributed by atoms with van der Waals surface area (Å²) in [6.07, 6.45) is 3.60. The molecule has 1 aromatic carbocycles. The number of fused-ring (bicyclic) bond motifs is 1. The third kappa shape index (κ3) is 2.05. The largest absolute Gasteiger partial charge is 0.493 e. The van der Waals surface area contributed by atoms with Gasteiger partial charge in [0.2, 0.25) is 0 Å². The molecule has 0 aromatic heterocycles. The molecule has 1 fully saturated rings. The second-order valence-corrected chi connectivity index (χ2v) is 4.93. The molecule has 2 unspecified atom stereocenters. The number of rotatable bonds is 3. The molecule has 92 valence electrons. The second-order valence-electron chi connectivity index (χ2n) is 4.93. The molecule has 3 rings (SSSR count). The summed E-state index contributed by atoms with van der Waals surface area (Å²) in [6, 6.07) is 7.62. The van der Waals surface area contributed by atoms with Crippen LogP contribution in [-0.4, -0.2) is 26.2 Å². The summed E-state index contributed by atoms with van der Waals surface area (Å²) < 4.78 is 5.56. The van der Waals surface area contributed by atoms with Gasteiger partial charge in [-0.25, -0.2) is 0 Å². The Morgan fingerprint density at radius 1 is 1.47 bits per heavy atom. The van der Waals surface area contributed by atoms with Crippen LogP contribution in [0.3, 0.4) is 0 Å². The lowest BCUT2D eigenvalue weighted by molar-refractivity contribution is 0.356. The van der Waals surface area contributed by atoms with Crippen molar-refractivity contribution in [2.75, 3.05) is 20.2 Å². The fourth-order valence-electron chi connectivity index (χ4n) is 3.00. The number of hydrogen-bond donors (Lipinski definition) is 2. The van der Waals surface area contributed by atoms with Crippen LogP contribution in [0.1, 0.15) is 30.0 Å². The fraction of sp³-hybridized carbons (Fsp3) is 0.571. The van der Waals surface area contributed by atoms with E-state index in [9.17, 15) is 0 Å². The number of benzene rings is 1. The summed E-state index contributed by atoms with van der Waals surface area (Å²) in [6.45, 7) is 1.99. The summed E-state index contributed by atoms with van der Waals surface area (Å²) in [5.74, 6) is 1.07. The van der Waals surface area contributed by atoms with Crippen LogP contribution >= 0.6 is 0 Å². The van der Waals surface area contributed by atoms with E-state index in [0.29, 0.717) is 12.1 Å². The predicted molar refractivity (Wildman–Crippen MR) is 68.5 cm³/mol. The third-order valence-corrected chi connectivity index (χ3v) is 3.88. The van der Waals surface area contributed by atoms with Crippen molar-refractivity contribution in [3.8, 4) is 5.75 Å². The van der Waals surface area contributed by atoms with Gasteiger partial charge in [0.05, 0.1) is 6.61 Å². The SMILES string of the molecule is CNC(c1ccc2c(c1)CCO2)C1CCCN1. The van der Waals surface area contributed by atoms with Crippen LogP contribution in [0.25, 0.3) is 0 Å². The Kier molecular flexibility index (Phi) is 3.04. The zero-order chi connectivity index (χ0) is 11.7. The Bertz CT molecular complexity index is 399. The van der Waals surface area contributed by atoms with E-state index in [1.807, 2.05) is 7.05 Å². The maximum atomic E-state index is 5.56. The predicted octanol–water partition coefficient (Wildman–Crippen LogP) is 1.63. The van der Waals surface area contributed by atoms with E-state index in [2.05, 4.69) is 28.8 Å². The Balaban J connectivity index is 1.85. The highest BCUT2D eigenvalue weighted by molar-refractivity contribution is 5.41. The molecule has 2 N–H and O–H groups in total. The molecule has 3 heteroatoms.